The molecule has 4 atom stereocenters. The lowest BCUT2D eigenvalue weighted by atomic mass is 9.76. The van der Waals surface area contributed by atoms with E-state index < -0.39 is 0 Å². The summed E-state index contributed by atoms with van der Waals surface area (Å²) in [4.78, 5) is 14.9. The Morgan fingerprint density at radius 2 is 2.13 bits per heavy atom. The number of ether oxygens (including phenoxy) is 1. The van der Waals surface area contributed by atoms with Crippen LogP contribution in [0.25, 0.3) is 0 Å². The maximum absolute atomic E-state index is 13.2. The molecule has 0 saturated carbocycles. The smallest absolute Gasteiger partial charge is 0.310 e. The van der Waals surface area contributed by atoms with Crippen molar-refractivity contribution in [2.75, 3.05) is 13.7 Å². The minimum absolute atomic E-state index is 0.111. The van der Waals surface area contributed by atoms with Gasteiger partial charge in [-0.1, -0.05) is 40.8 Å². The third-order valence-electron chi connectivity index (χ3n) is 5.24. The molecule has 0 aromatic heterocycles. The number of esters is 1. The Kier molecular flexibility index (Phi) is 5.36. The highest BCUT2D eigenvalue weighted by atomic mass is 127. The molecule has 4 unspecified atom stereocenters. The van der Waals surface area contributed by atoms with Gasteiger partial charge in [0.1, 0.15) is 5.82 Å². The number of nitrogens with zero attached hydrogens (tertiary/aromatic N) is 1. The predicted octanol–water partition coefficient (Wildman–Crippen LogP) is 3.88. The Labute approximate surface area is 150 Å². The van der Waals surface area contributed by atoms with Gasteiger partial charge in [0, 0.05) is 24.5 Å². The fourth-order valence-corrected chi connectivity index (χ4v) is 4.50. The van der Waals surface area contributed by atoms with Crippen molar-refractivity contribution in [3.05, 3.63) is 45.8 Å². The van der Waals surface area contributed by atoms with E-state index in [1.165, 1.54) is 19.2 Å². The van der Waals surface area contributed by atoms with Crippen LogP contribution < -0.4 is 0 Å². The van der Waals surface area contributed by atoms with Crippen LogP contribution in [-0.2, 0) is 9.53 Å². The van der Waals surface area contributed by atoms with E-state index in [4.69, 9.17) is 4.74 Å². The van der Waals surface area contributed by atoms with Gasteiger partial charge in [-0.2, -0.15) is 0 Å². The summed E-state index contributed by atoms with van der Waals surface area (Å²) in [5, 5.41) is 0. The van der Waals surface area contributed by atoms with Crippen LogP contribution in [0.5, 0.6) is 0 Å². The van der Waals surface area contributed by atoms with Crippen molar-refractivity contribution in [3.63, 3.8) is 0 Å². The van der Waals surface area contributed by atoms with E-state index in [-0.39, 0.29) is 29.7 Å². The summed E-state index contributed by atoms with van der Waals surface area (Å²) in [6.07, 6.45) is 5.21. The molecule has 2 aliphatic heterocycles. The topological polar surface area (TPSA) is 29.5 Å². The van der Waals surface area contributed by atoms with Crippen LogP contribution in [0.1, 0.15) is 30.7 Å². The van der Waals surface area contributed by atoms with Gasteiger partial charge < -0.3 is 4.74 Å². The Morgan fingerprint density at radius 3 is 2.78 bits per heavy atom. The highest BCUT2D eigenvalue weighted by Crippen LogP contribution is 2.47. The minimum Gasteiger partial charge on any atom is -0.469 e. The zero-order valence-electron chi connectivity index (χ0n) is 13.1. The molecule has 3 nitrogen and oxygen atoms in total. The molecule has 1 aromatic carbocycles. The fourth-order valence-electron chi connectivity index (χ4n) is 4.27. The average molecular weight is 429 g/mol. The van der Waals surface area contributed by atoms with Gasteiger partial charge in [-0.15, -0.1) is 0 Å². The van der Waals surface area contributed by atoms with Crippen molar-refractivity contribution >= 4 is 28.6 Å². The van der Waals surface area contributed by atoms with Crippen molar-refractivity contribution in [3.8, 4) is 0 Å². The van der Waals surface area contributed by atoms with E-state index in [0.717, 1.165) is 31.4 Å². The average Bonchev–Trinajstić information content (AvgIpc) is 2.84. The monoisotopic (exact) mass is 429 g/mol. The number of rotatable bonds is 4. The molecule has 3 rings (SSSR count). The van der Waals surface area contributed by atoms with E-state index in [1.807, 2.05) is 16.2 Å². The van der Waals surface area contributed by atoms with Crippen LogP contribution >= 0.6 is 22.6 Å². The quantitative estimate of drug-likeness (QED) is 0.538. The zero-order valence-corrected chi connectivity index (χ0v) is 15.3. The second kappa shape index (κ2) is 7.30. The normalized spacial score (nSPS) is 30.7. The van der Waals surface area contributed by atoms with E-state index >= 15 is 0 Å². The van der Waals surface area contributed by atoms with E-state index in [1.54, 1.807) is 0 Å². The number of benzene rings is 1. The molecular formula is C18H21FINO2. The number of hydrogen-bond donors (Lipinski definition) is 0. The van der Waals surface area contributed by atoms with Gasteiger partial charge in [-0.25, -0.2) is 4.39 Å². The first-order chi connectivity index (χ1) is 11.2. The lowest BCUT2D eigenvalue weighted by molar-refractivity contribution is -0.150. The first-order valence-electron chi connectivity index (χ1n) is 8.00. The third kappa shape index (κ3) is 3.31. The van der Waals surface area contributed by atoms with Crippen LogP contribution in [0.4, 0.5) is 4.39 Å². The summed E-state index contributed by atoms with van der Waals surface area (Å²) >= 11 is 2.23. The molecule has 2 bridgehead atoms. The maximum Gasteiger partial charge on any atom is 0.310 e. The Morgan fingerprint density at radius 1 is 1.39 bits per heavy atom. The van der Waals surface area contributed by atoms with Crippen LogP contribution in [0, 0.1) is 11.7 Å². The molecule has 5 heteroatoms. The van der Waals surface area contributed by atoms with Gasteiger partial charge in [0.05, 0.1) is 13.0 Å². The SMILES string of the molecule is COC(=O)C1C(c2ccc(F)cc2)CC2CCC1N2C/C=C/I. The number of methoxy groups -OCH3 is 1. The summed E-state index contributed by atoms with van der Waals surface area (Å²) in [5.74, 6) is -0.448. The maximum atomic E-state index is 13.2. The molecule has 0 aliphatic carbocycles. The van der Waals surface area contributed by atoms with Gasteiger partial charge in [-0.3, -0.25) is 9.69 Å². The highest BCUT2D eigenvalue weighted by Gasteiger charge is 2.50. The highest BCUT2D eigenvalue weighted by molar-refractivity contribution is 14.1. The van der Waals surface area contributed by atoms with Crippen molar-refractivity contribution in [1.82, 2.24) is 4.90 Å². The second-order valence-corrected chi connectivity index (χ2v) is 7.02. The van der Waals surface area contributed by atoms with Gasteiger partial charge in [0.15, 0.2) is 0 Å². The third-order valence-corrected chi connectivity index (χ3v) is 5.75. The molecule has 0 spiro atoms. The molecule has 23 heavy (non-hydrogen) atoms. The summed E-state index contributed by atoms with van der Waals surface area (Å²) in [6, 6.07) is 7.30. The van der Waals surface area contributed by atoms with Crippen molar-refractivity contribution < 1.29 is 13.9 Å². The molecular weight excluding hydrogens is 408 g/mol. The Hall–Kier alpha value is -0.950. The van der Waals surface area contributed by atoms with Crippen molar-refractivity contribution in [1.29, 1.82) is 0 Å². The largest absolute Gasteiger partial charge is 0.469 e. The van der Waals surface area contributed by atoms with Crippen molar-refractivity contribution in [2.24, 2.45) is 5.92 Å². The zero-order chi connectivity index (χ0) is 16.4. The van der Waals surface area contributed by atoms with Gasteiger partial charge in [0.2, 0.25) is 0 Å². The van der Waals surface area contributed by atoms with Gasteiger partial charge >= 0.3 is 5.97 Å². The van der Waals surface area contributed by atoms with Crippen LogP contribution in [0.15, 0.2) is 34.4 Å². The summed E-state index contributed by atoms with van der Waals surface area (Å²) in [6.45, 7) is 0.877. The first-order valence-corrected chi connectivity index (χ1v) is 9.24. The number of carbonyl (C=O) groups excluding carboxylic acids is 1. The lowest BCUT2D eigenvalue weighted by Crippen LogP contribution is -2.50. The number of halogens is 2. The molecule has 2 fully saturated rings. The van der Waals surface area contributed by atoms with Gasteiger partial charge in [-0.05, 0) is 41.0 Å². The number of hydrogen-bond acceptors (Lipinski definition) is 3. The van der Waals surface area contributed by atoms with E-state index in [9.17, 15) is 9.18 Å². The Balaban J connectivity index is 1.91. The van der Waals surface area contributed by atoms with E-state index in [0.29, 0.717) is 6.04 Å². The summed E-state index contributed by atoms with van der Waals surface area (Å²) in [5.41, 5.74) is 1.04. The van der Waals surface area contributed by atoms with Crippen LogP contribution in [0.2, 0.25) is 0 Å². The minimum atomic E-state index is -0.240. The van der Waals surface area contributed by atoms with Crippen molar-refractivity contribution in [2.45, 2.75) is 37.3 Å². The molecule has 2 saturated heterocycles. The summed E-state index contributed by atoms with van der Waals surface area (Å²) < 4.78 is 20.4. The molecule has 124 valence electrons. The van der Waals surface area contributed by atoms with E-state index in [2.05, 4.69) is 33.6 Å². The number of carbonyl (C=O) groups is 1. The second-order valence-electron chi connectivity index (χ2n) is 6.30. The molecule has 2 heterocycles. The molecule has 1 aromatic rings. The Bertz CT molecular complexity index is 589. The lowest BCUT2D eigenvalue weighted by Gasteiger charge is -2.43. The molecule has 0 radical (unpaired) electrons. The summed E-state index contributed by atoms with van der Waals surface area (Å²) in [7, 11) is 1.46. The van der Waals surface area contributed by atoms with Gasteiger partial charge in [0.25, 0.3) is 0 Å². The molecule has 0 N–H and O–H groups in total. The number of piperidine rings is 1. The standard InChI is InChI=1S/C18H21FINO2/c1-23-18(22)17-15(12-3-5-13(19)6-4-12)11-14-7-8-16(17)21(14)10-2-9-20/h2-6,9,14-17H,7-8,10-11H2,1H3/b9-2+. The molecule has 0 amide bonds. The predicted molar refractivity (Wildman–Crippen MR) is 95.9 cm³/mol. The first kappa shape index (κ1) is 16.9. The van der Waals surface area contributed by atoms with Crippen LogP contribution in [0.3, 0.4) is 0 Å². The number of fused-ring (bicyclic) bond motifs is 2. The molecule has 2 aliphatic rings. The fraction of sp³-hybridized carbons (Fsp3) is 0.500. The van der Waals surface area contributed by atoms with Crippen LogP contribution in [-0.4, -0.2) is 36.6 Å².